The highest BCUT2D eigenvalue weighted by Crippen LogP contribution is 2.31. The van der Waals surface area contributed by atoms with E-state index in [9.17, 15) is 4.79 Å². The lowest BCUT2D eigenvalue weighted by Crippen LogP contribution is -2.18. The van der Waals surface area contributed by atoms with E-state index in [0.29, 0.717) is 17.4 Å². The molecule has 0 saturated carbocycles. The van der Waals surface area contributed by atoms with Crippen LogP contribution in [0.15, 0.2) is 77.5 Å². The molecule has 0 aliphatic carbocycles. The number of aryl methyl sites for hydroxylation is 2. The standard InChI is InChI=1S/C26H23N5O3/c1-16-6-7-17(13-20(16)24-5-4-12-33-24)29-26-30-21-14-18(8-9-23(21)31(26)3)34-19-10-11-28-22(15-19)25(32)27-2/h4-15H,1-3H3,(H,27,32)(H,29,30). The third kappa shape index (κ3) is 4.09. The van der Waals surface area contributed by atoms with E-state index in [1.165, 1.54) is 0 Å². The average molecular weight is 454 g/mol. The molecular weight excluding hydrogens is 430 g/mol. The summed E-state index contributed by atoms with van der Waals surface area (Å²) in [6.45, 7) is 2.05. The molecule has 8 heteroatoms. The number of fused-ring (bicyclic) bond motifs is 1. The summed E-state index contributed by atoms with van der Waals surface area (Å²) < 4.78 is 13.5. The second kappa shape index (κ2) is 8.74. The molecule has 5 rings (SSSR count). The summed E-state index contributed by atoms with van der Waals surface area (Å²) in [6, 6.07) is 18.9. The fourth-order valence-electron chi connectivity index (χ4n) is 3.74. The van der Waals surface area contributed by atoms with Crippen LogP contribution in [0, 0.1) is 6.92 Å². The molecule has 0 bridgehead atoms. The lowest BCUT2D eigenvalue weighted by molar-refractivity contribution is 0.0958. The maximum absolute atomic E-state index is 11.8. The van der Waals surface area contributed by atoms with Crippen molar-refractivity contribution in [2.24, 2.45) is 7.05 Å². The van der Waals surface area contributed by atoms with E-state index in [0.717, 1.165) is 33.6 Å². The molecule has 5 aromatic rings. The summed E-state index contributed by atoms with van der Waals surface area (Å²) in [7, 11) is 3.52. The summed E-state index contributed by atoms with van der Waals surface area (Å²) >= 11 is 0. The summed E-state index contributed by atoms with van der Waals surface area (Å²) in [5.41, 5.74) is 5.08. The third-order valence-electron chi connectivity index (χ3n) is 5.56. The number of anilines is 2. The van der Waals surface area contributed by atoms with Gasteiger partial charge in [-0.25, -0.2) is 4.98 Å². The first-order valence-corrected chi connectivity index (χ1v) is 10.8. The monoisotopic (exact) mass is 453 g/mol. The van der Waals surface area contributed by atoms with Gasteiger partial charge >= 0.3 is 0 Å². The molecule has 1 amide bonds. The van der Waals surface area contributed by atoms with Crippen molar-refractivity contribution in [3.05, 3.63) is 84.4 Å². The molecule has 8 nitrogen and oxygen atoms in total. The number of benzene rings is 2. The molecular formula is C26H23N5O3. The number of pyridine rings is 1. The van der Waals surface area contributed by atoms with Crippen LogP contribution in [0.25, 0.3) is 22.4 Å². The Bertz CT molecular complexity index is 1490. The molecule has 170 valence electrons. The van der Waals surface area contributed by atoms with Crippen molar-refractivity contribution in [1.82, 2.24) is 19.9 Å². The Morgan fingerprint density at radius 1 is 1.06 bits per heavy atom. The summed E-state index contributed by atoms with van der Waals surface area (Å²) in [4.78, 5) is 20.7. The van der Waals surface area contributed by atoms with Crippen LogP contribution < -0.4 is 15.4 Å². The van der Waals surface area contributed by atoms with Gasteiger partial charge in [0.05, 0.1) is 17.3 Å². The number of rotatable bonds is 6. The van der Waals surface area contributed by atoms with Gasteiger partial charge in [0, 0.05) is 43.7 Å². The largest absolute Gasteiger partial charge is 0.464 e. The van der Waals surface area contributed by atoms with E-state index in [1.54, 1.807) is 31.6 Å². The molecule has 3 heterocycles. The number of carbonyl (C=O) groups excluding carboxylic acids is 1. The normalized spacial score (nSPS) is 10.9. The van der Waals surface area contributed by atoms with Crippen LogP contribution in [0.3, 0.4) is 0 Å². The Morgan fingerprint density at radius 3 is 2.71 bits per heavy atom. The fourth-order valence-corrected chi connectivity index (χ4v) is 3.74. The van der Waals surface area contributed by atoms with Gasteiger partial charge in [-0.05, 0) is 55.0 Å². The highest BCUT2D eigenvalue weighted by molar-refractivity contribution is 5.92. The van der Waals surface area contributed by atoms with Gasteiger partial charge in [-0.2, -0.15) is 0 Å². The molecule has 3 aromatic heterocycles. The van der Waals surface area contributed by atoms with Gasteiger partial charge in [0.15, 0.2) is 0 Å². The first kappa shape index (κ1) is 21.3. The number of ether oxygens (including phenoxy) is 1. The van der Waals surface area contributed by atoms with Crippen molar-refractivity contribution in [1.29, 1.82) is 0 Å². The molecule has 0 aliphatic rings. The van der Waals surface area contributed by atoms with Crippen molar-refractivity contribution in [2.45, 2.75) is 6.92 Å². The van der Waals surface area contributed by atoms with Crippen molar-refractivity contribution in [2.75, 3.05) is 12.4 Å². The van der Waals surface area contributed by atoms with Crippen LogP contribution in [0.1, 0.15) is 16.1 Å². The van der Waals surface area contributed by atoms with Crippen LogP contribution in [-0.4, -0.2) is 27.5 Å². The minimum atomic E-state index is -0.271. The van der Waals surface area contributed by atoms with Crippen molar-refractivity contribution in [3.63, 3.8) is 0 Å². The van der Waals surface area contributed by atoms with E-state index >= 15 is 0 Å². The zero-order chi connectivity index (χ0) is 23.7. The second-order valence-electron chi connectivity index (χ2n) is 7.83. The summed E-state index contributed by atoms with van der Waals surface area (Å²) in [5.74, 6) is 2.39. The molecule has 34 heavy (non-hydrogen) atoms. The van der Waals surface area contributed by atoms with Crippen LogP contribution in [0.2, 0.25) is 0 Å². The maximum Gasteiger partial charge on any atom is 0.269 e. The third-order valence-corrected chi connectivity index (χ3v) is 5.56. The van der Waals surface area contributed by atoms with Crippen molar-refractivity contribution in [3.8, 4) is 22.8 Å². The lowest BCUT2D eigenvalue weighted by atomic mass is 10.1. The average Bonchev–Trinajstić information content (AvgIpc) is 3.48. The molecule has 0 unspecified atom stereocenters. The van der Waals surface area contributed by atoms with Crippen LogP contribution >= 0.6 is 0 Å². The molecule has 0 saturated heterocycles. The predicted molar refractivity (Wildman–Crippen MR) is 131 cm³/mol. The van der Waals surface area contributed by atoms with E-state index in [1.807, 2.05) is 48.0 Å². The van der Waals surface area contributed by atoms with Gasteiger partial charge in [-0.15, -0.1) is 0 Å². The van der Waals surface area contributed by atoms with Crippen LogP contribution in [0.4, 0.5) is 11.6 Å². The van der Waals surface area contributed by atoms with E-state index in [2.05, 4.69) is 34.7 Å². The number of furan rings is 1. The highest BCUT2D eigenvalue weighted by atomic mass is 16.5. The number of hydrogen-bond donors (Lipinski definition) is 2. The van der Waals surface area contributed by atoms with E-state index in [-0.39, 0.29) is 11.6 Å². The van der Waals surface area contributed by atoms with Crippen LogP contribution in [0.5, 0.6) is 11.5 Å². The number of amides is 1. The minimum Gasteiger partial charge on any atom is -0.464 e. The van der Waals surface area contributed by atoms with Crippen molar-refractivity contribution < 1.29 is 13.9 Å². The molecule has 0 aliphatic heterocycles. The molecule has 2 aromatic carbocycles. The number of carbonyl (C=O) groups is 1. The van der Waals surface area contributed by atoms with E-state index in [4.69, 9.17) is 14.1 Å². The Kier molecular flexibility index (Phi) is 5.47. The number of hydrogen-bond acceptors (Lipinski definition) is 6. The Balaban J connectivity index is 1.41. The molecule has 0 atom stereocenters. The summed E-state index contributed by atoms with van der Waals surface area (Å²) in [6.07, 6.45) is 3.21. The Labute approximate surface area is 196 Å². The molecule has 0 fully saturated rings. The zero-order valence-corrected chi connectivity index (χ0v) is 19.0. The Hall–Kier alpha value is -4.59. The van der Waals surface area contributed by atoms with Gasteiger partial charge in [-0.3, -0.25) is 9.78 Å². The van der Waals surface area contributed by atoms with Gasteiger partial charge in [0.2, 0.25) is 5.95 Å². The predicted octanol–water partition coefficient (Wildman–Crippen LogP) is 5.43. The van der Waals surface area contributed by atoms with Crippen molar-refractivity contribution >= 4 is 28.6 Å². The van der Waals surface area contributed by atoms with Gasteiger partial charge in [0.1, 0.15) is 23.0 Å². The molecule has 2 N–H and O–H groups in total. The maximum atomic E-state index is 11.8. The zero-order valence-electron chi connectivity index (χ0n) is 19.0. The van der Waals surface area contributed by atoms with Crippen LogP contribution in [-0.2, 0) is 7.05 Å². The molecule has 0 spiro atoms. The number of aromatic nitrogens is 3. The smallest absolute Gasteiger partial charge is 0.269 e. The fraction of sp³-hybridized carbons (Fsp3) is 0.115. The van der Waals surface area contributed by atoms with Gasteiger partial charge in [-0.1, -0.05) is 6.07 Å². The highest BCUT2D eigenvalue weighted by Gasteiger charge is 2.12. The quantitative estimate of drug-likeness (QED) is 0.356. The van der Waals surface area contributed by atoms with Gasteiger partial charge < -0.3 is 24.4 Å². The first-order valence-electron chi connectivity index (χ1n) is 10.8. The van der Waals surface area contributed by atoms with E-state index < -0.39 is 0 Å². The first-order chi connectivity index (χ1) is 16.5. The Morgan fingerprint density at radius 2 is 1.91 bits per heavy atom. The lowest BCUT2D eigenvalue weighted by Gasteiger charge is -2.09. The van der Waals surface area contributed by atoms with Gasteiger partial charge in [0.25, 0.3) is 5.91 Å². The number of nitrogens with zero attached hydrogens (tertiary/aromatic N) is 3. The number of imidazole rings is 1. The number of nitrogens with one attached hydrogen (secondary N) is 2. The molecule has 0 radical (unpaired) electrons. The minimum absolute atomic E-state index is 0.271. The summed E-state index contributed by atoms with van der Waals surface area (Å²) in [5, 5.41) is 5.96. The second-order valence-corrected chi connectivity index (χ2v) is 7.83. The SMILES string of the molecule is CNC(=O)c1cc(Oc2ccc3c(c2)nc(Nc2ccc(C)c(-c4ccco4)c2)n3C)ccn1. The topological polar surface area (TPSA) is 94.2 Å².